The quantitative estimate of drug-likeness (QED) is 0.782. The maximum atomic E-state index is 11.9. The van der Waals surface area contributed by atoms with Gasteiger partial charge in [-0.15, -0.1) is 0 Å². The van der Waals surface area contributed by atoms with Crippen molar-refractivity contribution in [2.45, 2.75) is 25.9 Å². The van der Waals surface area contributed by atoms with Gasteiger partial charge in [-0.25, -0.2) is 4.79 Å². The molecule has 1 heterocycles. The molecule has 1 fully saturated rings. The van der Waals surface area contributed by atoms with Crippen molar-refractivity contribution < 1.29 is 14.3 Å². The van der Waals surface area contributed by atoms with Crippen LogP contribution in [0.3, 0.4) is 0 Å². The second-order valence-electron chi connectivity index (χ2n) is 5.13. The molecule has 0 aliphatic carbocycles. The van der Waals surface area contributed by atoms with Gasteiger partial charge in [0, 0.05) is 26.4 Å². The van der Waals surface area contributed by atoms with E-state index in [1.807, 2.05) is 38.1 Å². The summed E-state index contributed by atoms with van der Waals surface area (Å²) in [5.41, 5.74) is 2.77. The van der Waals surface area contributed by atoms with Crippen LogP contribution in [0.15, 0.2) is 18.2 Å². The van der Waals surface area contributed by atoms with Crippen LogP contribution >= 0.6 is 0 Å². The summed E-state index contributed by atoms with van der Waals surface area (Å²) in [6.45, 7) is 3.12. The average molecular weight is 263 g/mol. The van der Waals surface area contributed by atoms with E-state index in [2.05, 4.69) is 0 Å². The number of carbonyl (C=O) groups is 1. The number of hydrogen-bond acceptors (Lipinski definition) is 4. The zero-order valence-electron chi connectivity index (χ0n) is 11.8. The number of carbonyl (C=O) groups excluding carboxylic acids is 1. The Morgan fingerprint density at radius 1 is 1.47 bits per heavy atom. The Hall–Kier alpha value is -1.55. The molecule has 4 nitrogen and oxygen atoms in total. The Balaban J connectivity index is 1.96. The van der Waals surface area contributed by atoms with E-state index < -0.39 is 0 Å². The zero-order chi connectivity index (χ0) is 13.8. The fraction of sp³-hybridized carbons (Fsp3) is 0.533. The molecule has 0 bridgehead atoms. The number of nitrogens with zero attached hydrogens (tertiary/aromatic N) is 1. The van der Waals surface area contributed by atoms with Crippen molar-refractivity contribution in [1.29, 1.82) is 0 Å². The Kier molecular flexibility index (Phi) is 4.43. The Bertz CT molecular complexity index is 451. The van der Waals surface area contributed by atoms with Crippen molar-refractivity contribution >= 4 is 11.7 Å². The topological polar surface area (TPSA) is 38.8 Å². The van der Waals surface area contributed by atoms with Crippen molar-refractivity contribution in [2.75, 3.05) is 32.2 Å². The summed E-state index contributed by atoms with van der Waals surface area (Å²) in [6.07, 6.45) is 2.11. The molecule has 1 saturated heterocycles. The van der Waals surface area contributed by atoms with Gasteiger partial charge >= 0.3 is 5.97 Å². The molecule has 0 saturated carbocycles. The van der Waals surface area contributed by atoms with Crippen LogP contribution in [0.2, 0.25) is 0 Å². The number of aryl methyl sites for hydroxylation is 1. The predicted octanol–water partition coefficient (Wildman–Crippen LogP) is 2.40. The molecule has 0 aromatic heterocycles. The minimum atomic E-state index is -0.274. The highest BCUT2D eigenvalue weighted by Crippen LogP contribution is 2.20. The van der Waals surface area contributed by atoms with Crippen LogP contribution < -0.4 is 4.90 Å². The molecule has 1 atom stereocenters. The second kappa shape index (κ2) is 6.06. The number of ether oxygens (including phenoxy) is 2. The van der Waals surface area contributed by atoms with Crippen LogP contribution in [0.4, 0.5) is 5.69 Å². The molecule has 1 aromatic carbocycles. The van der Waals surface area contributed by atoms with Crippen molar-refractivity contribution in [3.8, 4) is 0 Å². The van der Waals surface area contributed by atoms with Crippen molar-refractivity contribution in [3.05, 3.63) is 29.3 Å². The molecular formula is C15H21NO3. The molecule has 4 heteroatoms. The Labute approximate surface area is 114 Å². The van der Waals surface area contributed by atoms with Gasteiger partial charge in [-0.05, 0) is 43.5 Å². The van der Waals surface area contributed by atoms with Crippen molar-refractivity contribution in [1.82, 2.24) is 0 Å². The lowest BCUT2D eigenvalue weighted by Gasteiger charge is -2.16. The molecule has 0 spiro atoms. The largest absolute Gasteiger partial charge is 0.459 e. The van der Waals surface area contributed by atoms with Crippen LogP contribution in [-0.4, -0.2) is 39.4 Å². The number of hydrogen-bond donors (Lipinski definition) is 0. The first-order chi connectivity index (χ1) is 9.08. The lowest BCUT2D eigenvalue weighted by molar-refractivity contribution is 0.0161. The summed E-state index contributed by atoms with van der Waals surface area (Å²) in [4.78, 5) is 14.0. The summed E-state index contributed by atoms with van der Waals surface area (Å²) in [6, 6.07) is 5.62. The number of rotatable bonds is 4. The maximum absolute atomic E-state index is 11.9. The van der Waals surface area contributed by atoms with Crippen LogP contribution in [0.5, 0.6) is 0 Å². The fourth-order valence-corrected chi connectivity index (χ4v) is 2.31. The predicted molar refractivity (Wildman–Crippen MR) is 74.8 cm³/mol. The molecule has 1 aliphatic heterocycles. The van der Waals surface area contributed by atoms with Gasteiger partial charge in [-0.2, -0.15) is 0 Å². The van der Waals surface area contributed by atoms with Crippen LogP contribution in [-0.2, 0) is 9.47 Å². The highest BCUT2D eigenvalue weighted by Gasteiger charge is 2.18. The molecule has 19 heavy (non-hydrogen) atoms. The summed E-state index contributed by atoms with van der Waals surface area (Å²) in [5.74, 6) is -0.274. The van der Waals surface area contributed by atoms with E-state index in [9.17, 15) is 4.79 Å². The van der Waals surface area contributed by atoms with Gasteiger partial charge in [0.15, 0.2) is 0 Å². The molecule has 0 amide bonds. The van der Waals surface area contributed by atoms with Gasteiger partial charge in [0.2, 0.25) is 0 Å². The number of benzene rings is 1. The molecule has 104 valence electrons. The molecule has 0 N–H and O–H groups in total. The molecule has 0 radical (unpaired) electrons. The first-order valence-corrected chi connectivity index (χ1v) is 6.64. The molecular weight excluding hydrogens is 242 g/mol. The Morgan fingerprint density at radius 2 is 2.26 bits per heavy atom. The van der Waals surface area contributed by atoms with Crippen molar-refractivity contribution in [2.24, 2.45) is 0 Å². The molecule has 2 rings (SSSR count). The lowest BCUT2D eigenvalue weighted by atomic mass is 10.1. The highest BCUT2D eigenvalue weighted by atomic mass is 16.6. The van der Waals surface area contributed by atoms with Crippen LogP contribution in [0, 0.1) is 6.92 Å². The van der Waals surface area contributed by atoms with E-state index >= 15 is 0 Å². The highest BCUT2D eigenvalue weighted by molar-refractivity contribution is 5.90. The third kappa shape index (κ3) is 3.47. The van der Waals surface area contributed by atoms with E-state index in [0.29, 0.717) is 12.2 Å². The van der Waals surface area contributed by atoms with E-state index in [1.54, 1.807) is 6.07 Å². The van der Waals surface area contributed by atoms with Crippen LogP contribution in [0.25, 0.3) is 0 Å². The third-order valence-corrected chi connectivity index (χ3v) is 3.34. The van der Waals surface area contributed by atoms with Gasteiger partial charge < -0.3 is 14.4 Å². The number of esters is 1. The van der Waals surface area contributed by atoms with E-state index in [0.717, 1.165) is 30.7 Å². The summed E-state index contributed by atoms with van der Waals surface area (Å²) < 4.78 is 10.7. The van der Waals surface area contributed by atoms with Gasteiger partial charge in [-0.3, -0.25) is 0 Å². The molecule has 1 aliphatic rings. The SMILES string of the molecule is Cc1cc(C(=O)OCC2CCCO2)ccc1N(C)C. The zero-order valence-corrected chi connectivity index (χ0v) is 11.8. The van der Waals surface area contributed by atoms with E-state index in [4.69, 9.17) is 9.47 Å². The lowest BCUT2D eigenvalue weighted by Crippen LogP contribution is -2.18. The normalized spacial score (nSPS) is 18.4. The second-order valence-corrected chi connectivity index (χ2v) is 5.13. The van der Waals surface area contributed by atoms with E-state index in [1.165, 1.54) is 0 Å². The minimum absolute atomic E-state index is 0.0751. The molecule has 1 unspecified atom stereocenters. The average Bonchev–Trinajstić information content (AvgIpc) is 2.88. The van der Waals surface area contributed by atoms with Gasteiger partial charge in [-0.1, -0.05) is 0 Å². The third-order valence-electron chi connectivity index (χ3n) is 3.34. The van der Waals surface area contributed by atoms with Gasteiger partial charge in [0.25, 0.3) is 0 Å². The smallest absolute Gasteiger partial charge is 0.338 e. The first kappa shape index (κ1) is 13.9. The summed E-state index contributed by atoms with van der Waals surface area (Å²) in [7, 11) is 3.97. The standard InChI is InChI=1S/C15H21NO3/c1-11-9-12(6-7-14(11)16(2)3)15(17)19-10-13-5-4-8-18-13/h6-7,9,13H,4-5,8,10H2,1-3H3. The fourth-order valence-electron chi connectivity index (χ4n) is 2.31. The summed E-state index contributed by atoms with van der Waals surface area (Å²) >= 11 is 0. The first-order valence-electron chi connectivity index (χ1n) is 6.64. The van der Waals surface area contributed by atoms with Gasteiger partial charge in [0.1, 0.15) is 6.61 Å². The Morgan fingerprint density at radius 3 is 2.84 bits per heavy atom. The summed E-state index contributed by atoms with van der Waals surface area (Å²) in [5, 5.41) is 0. The monoisotopic (exact) mass is 263 g/mol. The van der Waals surface area contributed by atoms with Crippen molar-refractivity contribution in [3.63, 3.8) is 0 Å². The minimum Gasteiger partial charge on any atom is -0.459 e. The van der Waals surface area contributed by atoms with E-state index in [-0.39, 0.29) is 12.1 Å². The van der Waals surface area contributed by atoms with Crippen LogP contribution in [0.1, 0.15) is 28.8 Å². The number of anilines is 1. The maximum Gasteiger partial charge on any atom is 0.338 e. The molecule has 1 aromatic rings. The van der Waals surface area contributed by atoms with Gasteiger partial charge in [0.05, 0.1) is 11.7 Å².